The number of nitrogens with one attached hydrogen (secondary N) is 2. The quantitative estimate of drug-likeness (QED) is 0.753. The van der Waals surface area contributed by atoms with E-state index < -0.39 is 0 Å². The van der Waals surface area contributed by atoms with Crippen molar-refractivity contribution in [1.29, 1.82) is 0 Å². The highest BCUT2D eigenvalue weighted by atomic mass is 32.1. The Morgan fingerprint density at radius 3 is 2.75 bits per heavy atom. The van der Waals surface area contributed by atoms with Crippen molar-refractivity contribution in [3.05, 3.63) is 51.7 Å². The van der Waals surface area contributed by atoms with Gasteiger partial charge >= 0.3 is 0 Å². The van der Waals surface area contributed by atoms with E-state index in [0.717, 1.165) is 6.42 Å². The van der Waals surface area contributed by atoms with Crippen molar-refractivity contribution in [2.45, 2.75) is 19.3 Å². The third-order valence-electron chi connectivity index (χ3n) is 4.11. The van der Waals surface area contributed by atoms with Crippen LogP contribution in [0.1, 0.15) is 32.5 Å². The zero-order valence-corrected chi connectivity index (χ0v) is 14.4. The van der Waals surface area contributed by atoms with Gasteiger partial charge in [0, 0.05) is 34.7 Å². The lowest BCUT2D eigenvalue weighted by molar-refractivity contribution is -0.117. The number of aryl methyl sites for hydroxylation is 1. The summed E-state index contributed by atoms with van der Waals surface area (Å²) in [4.78, 5) is 27.2. The van der Waals surface area contributed by atoms with E-state index in [1.165, 1.54) is 9.75 Å². The van der Waals surface area contributed by atoms with Gasteiger partial charge in [0.25, 0.3) is 5.91 Å². The van der Waals surface area contributed by atoms with Crippen LogP contribution >= 0.6 is 11.3 Å². The summed E-state index contributed by atoms with van der Waals surface area (Å²) in [5.74, 6) is 0.0489. The van der Waals surface area contributed by atoms with Gasteiger partial charge in [-0.25, -0.2) is 0 Å². The third-order valence-corrected chi connectivity index (χ3v) is 5.25. The maximum Gasteiger partial charge on any atom is 0.253 e. The molecule has 6 heteroatoms. The van der Waals surface area contributed by atoms with Crippen molar-refractivity contribution in [3.8, 4) is 0 Å². The average molecular weight is 343 g/mol. The van der Waals surface area contributed by atoms with Crippen LogP contribution in [0.2, 0.25) is 0 Å². The number of carbonyl (C=O) groups is 2. The molecule has 0 saturated heterocycles. The monoisotopic (exact) mass is 343 g/mol. The van der Waals surface area contributed by atoms with Crippen LogP contribution in [-0.2, 0) is 4.79 Å². The number of nitrogens with two attached hydrogens (primary N) is 1. The molecule has 1 aromatic heterocycles. The van der Waals surface area contributed by atoms with Crippen LogP contribution in [-0.4, -0.2) is 24.9 Å². The minimum absolute atomic E-state index is 0.0109. The summed E-state index contributed by atoms with van der Waals surface area (Å²) >= 11 is 1.75. The molecule has 1 aromatic carbocycles. The smallest absolute Gasteiger partial charge is 0.253 e. The lowest BCUT2D eigenvalue weighted by Crippen LogP contribution is -2.30. The van der Waals surface area contributed by atoms with Gasteiger partial charge in [0.05, 0.1) is 11.3 Å². The Hall–Kier alpha value is -2.18. The number of hydrogen-bond acceptors (Lipinski definition) is 4. The van der Waals surface area contributed by atoms with Gasteiger partial charge in [-0.3, -0.25) is 9.59 Å². The molecule has 1 saturated carbocycles. The van der Waals surface area contributed by atoms with Crippen LogP contribution in [0.5, 0.6) is 0 Å². The van der Waals surface area contributed by atoms with Crippen LogP contribution in [0.4, 0.5) is 5.69 Å². The average Bonchev–Trinajstić information content (AvgIpc) is 3.27. The van der Waals surface area contributed by atoms with Crippen LogP contribution < -0.4 is 16.4 Å². The molecule has 0 radical (unpaired) electrons. The Bertz CT molecular complexity index is 756. The van der Waals surface area contributed by atoms with Gasteiger partial charge < -0.3 is 16.4 Å². The molecular weight excluding hydrogens is 322 g/mol. The second-order valence-corrected chi connectivity index (χ2v) is 7.30. The number of amides is 2. The molecule has 2 atom stereocenters. The van der Waals surface area contributed by atoms with Gasteiger partial charge in [-0.1, -0.05) is 12.1 Å². The van der Waals surface area contributed by atoms with E-state index in [2.05, 4.69) is 29.7 Å². The third kappa shape index (κ3) is 3.66. The minimum Gasteiger partial charge on any atom is -0.351 e. The molecule has 0 bridgehead atoms. The second-order valence-electron chi connectivity index (χ2n) is 5.98. The van der Waals surface area contributed by atoms with Gasteiger partial charge in [0.15, 0.2) is 0 Å². The molecule has 1 aliphatic carbocycles. The van der Waals surface area contributed by atoms with Gasteiger partial charge in [0.1, 0.15) is 0 Å². The van der Waals surface area contributed by atoms with E-state index >= 15 is 0 Å². The number of carbonyl (C=O) groups excluding carboxylic acids is 2. The Balaban J connectivity index is 1.66. The van der Waals surface area contributed by atoms with Crippen LogP contribution in [0.25, 0.3) is 0 Å². The first-order chi connectivity index (χ1) is 11.6. The molecule has 3 rings (SSSR count). The summed E-state index contributed by atoms with van der Waals surface area (Å²) < 4.78 is 0. The topological polar surface area (TPSA) is 84.2 Å². The second kappa shape index (κ2) is 7.15. The molecule has 126 valence electrons. The maximum absolute atomic E-state index is 12.5. The minimum atomic E-state index is -0.224. The summed E-state index contributed by atoms with van der Waals surface area (Å²) in [5, 5.41) is 5.64. The highest BCUT2D eigenvalue weighted by Gasteiger charge is 2.44. The molecule has 1 fully saturated rings. The van der Waals surface area contributed by atoms with Crippen molar-refractivity contribution in [2.24, 2.45) is 11.7 Å². The summed E-state index contributed by atoms with van der Waals surface area (Å²) in [6, 6.07) is 11.2. The highest BCUT2D eigenvalue weighted by Crippen LogP contribution is 2.50. The van der Waals surface area contributed by atoms with Gasteiger partial charge in [0.2, 0.25) is 5.91 Å². The van der Waals surface area contributed by atoms with Crippen molar-refractivity contribution in [3.63, 3.8) is 0 Å². The highest BCUT2D eigenvalue weighted by molar-refractivity contribution is 7.12. The molecular formula is C18H21N3O2S. The van der Waals surface area contributed by atoms with Gasteiger partial charge in [-0.15, -0.1) is 11.3 Å². The maximum atomic E-state index is 12.5. The number of benzene rings is 1. The fraction of sp³-hybridized carbons (Fsp3) is 0.333. The molecule has 4 N–H and O–H groups in total. The van der Waals surface area contributed by atoms with Gasteiger partial charge in [-0.05, 0) is 37.6 Å². The van der Waals surface area contributed by atoms with E-state index in [0.29, 0.717) is 30.3 Å². The van der Waals surface area contributed by atoms with Crippen LogP contribution in [0.15, 0.2) is 36.4 Å². The zero-order valence-electron chi connectivity index (χ0n) is 13.5. The number of anilines is 1. The Morgan fingerprint density at radius 2 is 2.04 bits per heavy atom. The zero-order chi connectivity index (χ0) is 17.1. The molecule has 24 heavy (non-hydrogen) atoms. The van der Waals surface area contributed by atoms with Crippen molar-refractivity contribution < 1.29 is 9.59 Å². The van der Waals surface area contributed by atoms with E-state index in [-0.39, 0.29) is 17.7 Å². The van der Waals surface area contributed by atoms with E-state index in [9.17, 15) is 9.59 Å². The van der Waals surface area contributed by atoms with Gasteiger partial charge in [-0.2, -0.15) is 0 Å². The number of rotatable bonds is 6. The predicted molar refractivity (Wildman–Crippen MR) is 96.4 cm³/mol. The van der Waals surface area contributed by atoms with E-state index in [1.54, 1.807) is 29.5 Å². The van der Waals surface area contributed by atoms with Crippen LogP contribution in [0.3, 0.4) is 0 Å². The van der Waals surface area contributed by atoms with E-state index in [1.807, 2.05) is 6.07 Å². The lowest BCUT2D eigenvalue weighted by Gasteiger charge is -2.11. The number of para-hydroxylation sites is 1. The Kier molecular flexibility index (Phi) is 4.97. The molecule has 2 aromatic rings. The normalized spacial score (nSPS) is 18.9. The van der Waals surface area contributed by atoms with Crippen molar-refractivity contribution in [2.75, 3.05) is 18.4 Å². The van der Waals surface area contributed by atoms with Crippen molar-refractivity contribution in [1.82, 2.24) is 5.32 Å². The fourth-order valence-electron chi connectivity index (χ4n) is 2.75. The number of hydrogen-bond donors (Lipinski definition) is 3. The van der Waals surface area contributed by atoms with Crippen LogP contribution in [0, 0.1) is 12.8 Å². The lowest BCUT2D eigenvalue weighted by atomic mass is 10.1. The summed E-state index contributed by atoms with van der Waals surface area (Å²) in [5.41, 5.74) is 6.42. The molecule has 0 spiro atoms. The standard InChI is InChI=1S/C18H21N3O2S/c1-11-6-7-16(24-11)13-10-14(13)18(23)21-15-5-3-2-4-12(15)17(22)20-9-8-19/h2-7,13-14H,8-10,19H2,1H3,(H,20,22)(H,21,23)/t13-,14+/m1/s1. The summed E-state index contributed by atoms with van der Waals surface area (Å²) in [7, 11) is 0. The largest absolute Gasteiger partial charge is 0.351 e. The molecule has 0 aliphatic heterocycles. The Labute approximate surface area is 145 Å². The van der Waals surface area contributed by atoms with Crippen molar-refractivity contribution >= 4 is 28.8 Å². The first-order valence-electron chi connectivity index (χ1n) is 8.04. The summed E-state index contributed by atoms with van der Waals surface area (Å²) in [6.07, 6.45) is 0.868. The Morgan fingerprint density at radius 1 is 1.25 bits per heavy atom. The predicted octanol–water partition coefficient (Wildman–Crippen LogP) is 2.49. The molecule has 0 unspecified atom stereocenters. The molecule has 2 amide bonds. The molecule has 5 nitrogen and oxygen atoms in total. The molecule has 1 heterocycles. The summed E-state index contributed by atoms with van der Waals surface area (Å²) in [6.45, 7) is 2.86. The first kappa shape index (κ1) is 16.7. The fourth-order valence-corrected chi connectivity index (χ4v) is 3.80. The SMILES string of the molecule is Cc1ccc([C@@H]2C[C@@H]2C(=O)Nc2ccccc2C(=O)NCCN)s1. The first-order valence-corrected chi connectivity index (χ1v) is 8.86. The van der Waals surface area contributed by atoms with E-state index in [4.69, 9.17) is 5.73 Å². The number of thiophene rings is 1. The molecule has 1 aliphatic rings.